The van der Waals surface area contributed by atoms with Crippen LogP contribution in [-0.4, -0.2) is 7.11 Å². The minimum Gasteiger partial charge on any atom is -0.496 e. The van der Waals surface area contributed by atoms with Crippen LogP contribution in [0.5, 0.6) is 5.75 Å². The Morgan fingerprint density at radius 2 is 1.55 bits per heavy atom. The molecule has 0 N–H and O–H groups in total. The van der Waals surface area contributed by atoms with Gasteiger partial charge in [0.1, 0.15) is 5.75 Å². The molecule has 114 valence electrons. The Bertz CT molecular complexity index is 456. The molecule has 0 aliphatic rings. The summed E-state index contributed by atoms with van der Waals surface area (Å²) in [6.07, 6.45) is 1.04. The van der Waals surface area contributed by atoms with E-state index in [4.69, 9.17) is 4.74 Å². The van der Waals surface area contributed by atoms with Crippen molar-refractivity contribution in [1.82, 2.24) is 0 Å². The summed E-state index contributed by atoms with van der Waals surface area (Å²) in [5.41, 5.74) is 4.51. The highest BCUT2D eigenvalue weighted by Gasteiger charge is 2.23. The second-order valence-electron chi connectivity index (χ2n) is 8.40. The molecule has 0 aromatic heterocycles. The van der Waals surface area contributed by atoms with Crippen molar-refractivity contribution in [3.63, 3.8) is 0 Å². The Morgan fingerprint density at radius 3 is 1.90 bits per heavy atom. The molecule has 0 aliphatic heterocycles. The maximum atomic E-state index is 5.75. The van der Waals surface area contributed by atoms with E-state index < -0.39 is 0 Å². The first-order valence-electron chi connectivity index (χ1n) is 7.67. The van der Waals surface area contributed by atoms with Gasteiger partial charge in [-0.1, -0.05) is 67.5 Å². The van der Waals surface area contributed by atoms with Gasteiger partial charge >= 0.3 is 0 Å². The molecule has 0 atom stereocenters. The number of ether oxygens (including phenoxy) is 1. The van der Waals surface area contributed by atoms with Crippen molar-refractivity contribution in [3.05, 3.63) is 28.8 Å². The summed E-state index contributed by atoms with van der Waals surface area (Å²) in [5.74, 6) is 1.56. The molecule has 0 fully saturated rings. The van der Waals surface area contributed by atoms with E-state index in [0.717, 1.165) is 12.2 Å². The van der Waals surface area contributed by atoms with E-state index in [1.54, 1.807) is 7.11 Å². The van der Waals surface area contributed by atoms with Crippen LogP contribution in [-0.2, 0) is 11.8 Å². The molecule has 0 heterocycles. The topological polar surface area (TPSA) is 9.23 Å². The number of rotatable bonds is 3. The second-order valence-corrected chi connectivity index (χ2v) is 8.40. The molecule has 1 aromatic rings. The molecule has 0 bridgehead atoms. The van der Waals surface area contributed by atoms with Gasteiger partial charge in [0.05, 0.1) is 7.11 Å². The SMILES string of the molecule is COc1c(CC(C)(C)C)cc(C(C)(C)C)cc1C(C)C. The molecule has 1 rings (SSSR count). The van der Waals surface area contributed by atoms with Gasteiger partial charge in [-0.3, -0.25) is 0 Å². The standard InChI is InChI=1S/C19H32O/c1-13(2)16-11-15(19(6,7)8)10-14(17(16)20-9)12-18(3,4)5/h10-11,13H,12H2,1-9H3. The first-order valence-corrected chi connectivity index (χ1v) is 7.67. The zero-order valence-corrected chi connectivity index (χ0v) is 14.8. The Labute approximate surface area is 125 Å². The summed E-state index contributed by atoms with van der Waals surface area (Å²) in [6.45, 7) is 18.2. The molecule has 0 spiro atoms. The van der Waals surface area contributed by atoms with Gasteiger partial charge in [-0.2, -0.15) is 0 Å². The zero-order chi connectivity index (χ0) is 15.7. The summed E-state index contributed by atoms with van der Waals surface area (Å²) >= 11 is 0. The molecule has 1 heteroatoms. The van der Waals surface area contributed by atoms with E-state index in [-0.39, 0.29) is 10.8 Å². The molecule has 0 radical (unpaired) electrons. The van der Waals surface area contributed by atoms with Crippen LogP contribution in [0.3, 0.4) is 0 Å². The van der Waals surface area contributed by atoms with Crippen LogP contribution in [0.1, 0.15) is 78.0 Å². The molecule has 20 heavy (non-hydrogen) atoms. The van der Waals surface area contributed by atoms with Gasteiger partial charge in [-0.15, -0.1) is 0 Å². The average Bonchev–Trinajstić information content (AvgIpc) is 2.24. The third-order valence-corrected chi connectivity index (χ3v) is 3.61. The summed E-state index contributed by atoms with van der Waals surface area (Å²) in [6, 6.07) is 4.67. The van der Waals surface area contributed by atoms with Gasteiger partial charge in [0, 0.05) is 0 Å². The van der Waals surface area contributed by atoms with Gasteiger partial charge in [-0.25, -0.2) is 0 Å². The van der Waals surface area contributed by atoms with Crippen molar-refractivity contribution >= 4 is 0 Å². The molecule has 0 amide bonds. The fourth-order valence-corrected chi connectivity index (χ4v) is 2.53. The van der Waals surface area contributed by atoms with E-state index >= 15 is 0 Å². The average molecular weight is 276 g/mol. The lowest BCUT2D eigenvalue weighted by atomic mass is 9.80. The lowest BCUT2D eigenvalue weighted by molar-refractivity contribution is 0.373. The Kier molecular flexibility index (Phi) is 4.94. The van der Waals surface area contributed by atoms with E-state index in [2.05, 4.69) is 67.5 Å². The smallest absolute Gasteiger partial charge is 0.125 e. The largest absolute Gasteiger partial charge is 0.496 e. The van der Waals surface area contributed by atoms with E-state index in [1.807, 2.05) is 0 Å². The summed E-state index contributed by atoms with van der Waals surface area (Å²) in [7, 11) is 1.80. The predicted molar refractivity (Wildman–Crippen MR) is 88.9 cm³/mol. The van der Waals surface area contributed by atoms with Crippen LogP contribution < -0.4 is 4.74 Å². The van der Waals surface area contributed by atoms with Gasteiger partial charge in [0.15, 0.2) is 0 Å². The molecule has 0 saturated heterocycles. The fraction of sp³-hybridized carbons (Fsp3) is 0.684. The van der Waals surface area contributed by atoms with Crippen LogP contribution in [0.15, 0.2) is 12.1 Å². The molecular formula is C19H32O. The van der Waals surface area contributed by atoms with Crippen LogP contribution in [0, 0.1) is 5.41 Å². The number of methoxy groups -OCH3 is 1. The van der Waals surface area contributed by atoms with Crippen LogP contribution in [0.4, 0.5) is 0 Å². The number of hydrogen-bond donors (Lipinski definition) is 0. The van der Waals surface area contributed by atoms with E-state index in [9.17, 15) is 0 Å². The lowest BCUT2D eigenvalue weighted by Gasteiger charge is -2.27. The highest BCUT2D eigenvalue weighted by Crippen LogP contribution is 2.38. The second kappa shape index (κ2) is 5.79. The van der Waals surface area contributed by atoms with E-state index in [1.165, 1.54) is 16.7 Å². The lowest BCUT2D eigenvalue weighted by Crippen LogP contribution is -2.16. The Balaban J connectivity index is 3.49. The monoisotopic (exact) mass is 276 g/mol. The van der Waals surface area contributed by atoms with Crippen LogP contribution >= 0.6 is 0 Å². The Morgan fingerprint density at radius 1 is 1.00 bits per heavy atom. The first kappa shape index (κ1) is 17.1. The summed E-state index contributed by atoms with van der Waals surface area (Å²) in [5, 5.41) is 0. The van der Waals surface area contributed by atoms with Gasteiger partial charge in [-0.05, 0) is 39.9 Å². The number of hydrogen-bond acceptors (Lipinski definition) is 1. The minimum absolute atomic E-state index is 0.169. The van der Waals surface area contributed by atoms with Crippen molar-refractivity contribution in [1.29, 1.82) is 0 Å². The van der Waals surface area contributed by atoms with Crippen molar-refractivity contribution in [2.75, 3.05) is 7.11 Å². The zero-order valence-electron chi connectivity index (χ0n) is 14.8. The molecule has 0 unspecified atom stereocenters. The predicted octanol–water partition coefficient (Wildman–Crippen LogP) is 5.70. The normalized spacial score (nSPS) is 12.9. The van der Waals surface area contributed by atoms with Crippen molar-refractivity contribution in [3.8, 4) is 5.75 Å². The van der Waals surface area contributed by atoms with Crippen molar-refractivity contribution in [2.45, 2.75) is 73.1 Å². The molecule has 1 nitrogen and oxygen atoms in total. The molecular weight excluding hydrogens is 244 g/mol. The highest BCUT2D eigenvalue weighted by atomic mass is 16.5. The molecule has 0 saturated carbocycles. The minimum atomic E-state index is 0.169. The number of benzene rings is 1. The fourth-order valence-electron chi connectivity index (χ4n) is 2.53. The van der Waals surface area contributed by atoms with Gasteiger partial charge in [0.25, 0.3) is 0 Å². The maximum Gasteiger partial charge on any atom is 0.125 e. The van der Waals surface area contributed by atoms with Crippen molar-refractivity contribution < 1.29 is 4.74 Å². The van der Waals surface area contributed by atoms with Gasteiger partial charge in [0.2, 0.25) is 0 Å². The molecule has 0 aliphatic carbocycles. The van der Waals surface area contributed by atoms with Crippen LogP contribution in [0.25, 0.3) is 0 Å². The van der Waals surface area contributed by atoms with Gasteiger partial charge < -0.3 is 4.74 Å². The Hall–Kier alpha value is -0.980. The highest BCUT2D eigenvalue weighted by molar-refractivity contribution is 5.48. The third kappa shape index (κ3) is 4.26. The van der Waals surface area contributed by atoms with Crippen LogP contribution in [0.2, 0.25) is 0 Å². The quantitative estimate of drug-likeness (QED) is 0.687. The van der Waals surface area contributed by atoms with E-state index in [0.29, 0.717) is 5.92 Å². The van der Waals surface area contributed by atoms with Crippen molar-refractivity contribution in [2.24, 2.45) is 5.41 Å². The third-order valence-electron chi connectivity index (χ3n) is 3.61. The summed E-state index contributed by atoms with van der Waals surface area (Å²) in [4.78, 5) is 0. The summed E-state index contributed by atoms with van der Waals surface area (Å²) < 4.78 is 5.75. The first-order chi connectivity index (χ1) is 8.95. The maximum absolute atomic E-state index is 5.75. The molecule has 1 aromatic carbocycles.